The Labute approximate surface area is 79.5 Å². The fourth-order valence-corrected chi connectivity index (χ4v) is 1.53. The van der Waals surface area contributed by atoms with Crippen molar-refractivity contribution in [1.82, 2.24) is 5.43 Å². The molecular weight excluding hydrogens is 166 g/mol. The molecule has 1 aliphatic heterocycles. The van der Waals surface area contributed by atoms with Crippen LogP contribution in [0.25, 0.3) is 0 Å². The molecule has 0 aromatic heterocycles. The van der Waals surface area contributed by atoms with E-state index in [0.717, 1.165) is 31.8 Å². The zero-order chi connectivity index (χ0) is 9.68. The van der Waals surface area contributed by atoms with Crippen molar-refractivity contribution in [2.45, 2.75) is 32.8 Å². The number of rotatable bonds is 3. The van der Waals surface area contributed by atoms with Gasteiger partial charge in [0, 0.05) is 12.5 Å². The Morgan fingerprint density at radius 3 is 2.92 bits per heavy atom. The van der Waals surface area contributed by atoms with Gasteiger partial charge in [-0.1, -0.05) is 6.92 Å². The molecule has 76 valence electrons. The van der Waals surface area contributed by atoms with Gasteiger partial charge in [0.05, 0.1) is 12.7 Å². The van der Waals surface area contributed by atoms with Crippen molar-refractivity contribution in [2.75, 3.05) is 13.2 Å². The molecule has 1 heterocycles. The lowest BCUT2D eigenvalue weighted by atomic mass is 10.1. The first-order valence-electron chi connectivity index (χ1n) is 4.90. The summed E-state index contributed by atoms with van der Waals surface area (Å²) in [5.74, 6) is 6.66. The van der Waals surface area contributed by atoms with Crippen molar-refractivity contribution in [3.05, 3.63) is 0 Å². The minimum Gasteiger partial charge on any atom is -0.378 e. The van der Waals surface area contributed by atoms with Gasteiger partial charge in [0.25, 0.3) is 0 Å². The maximum atomic E-state index is 5.45. The molecule has 3 N–H and O–H groups in total. The summed E-state index contributed by atoms with van der Waals surface area (Å²) in [6.45, 7) is 5.76. The third-order valence-electron chi connectivity index (χ3n) is 2.24. The molecule has 1 rings (SSSR count). The molecule has 4 heteroatoms. The molecule has 1 aliphatic rings. The zero-order valence-corrected chi connectivity index (χ0v) is 8.42. The molecule has 2 atom stereocenters. The Balaban J connectivity index is 2.46. The Kier molecular flexibility index (Phi) is 4.18. The number of hydrogen-bond acceptors (Lipinski definition) is 3. The van der Waals surface area contributed by atoms with Crippen molar-refractivity contribution < 1.29 is 4.74 Å². The van der Waals surface area contributed by atoms with Gasteiger partial charge in [-0.05, 0) is 19.8 Å². The van der Waals surface area contributed by atoms with Gasteiger partial charge in [0.2, 0.25) is 0 Å². The SMILES string of the molecule is CCCN=C(NN)C1COC(C)C1. The Morgan fingerprint density at radius 1 is 1.69 bits per heavy atom. The number of nitrogens with one attached hydrogen (secondary N) is 1. The summed E-state index contributed by atoms with van der Waals surface area (Å²) in [5.41, 5.74) is 2.67. The van der Waals surface area contributed by atoms with E-state index in [0.29, 0.717) is 12.0 Å². The second-order valence-electron chi connectivity index (χ2n) is 3.49. The van der Waals surface area contributed by atoms with E-state index in [1.807, 2.05) is 0 Å². The Hall–Kier alpha value is -0.610. The highest BCUT2D eigenvalue weighted by atomic mass is 16.5. The van der Waals surface area contributed by atoms with Gasteiger partial charge in [0.1, 0.15) is 5.84 Å². The highest BCUT2D eigenvalue weighted by Gasteiger charge is 2.25. The normalized spacial score (nSPS) is 29.3. The molecule has 0 radical (unpaired) electrons. The van der Waals surface area contributed by atoms with Crippen LogP contribution in [0.15, 0.2) is 4.99 Å². The van der Waals surface area contributed by atoms with E-state index >= 15 is 0 Å². The summed E-state index contributed by atoms with van der Waals surface area (Å²) in [5, 5.41) is 0. The van der Waals surface area contributed by atoms with Crippen LogP contribution in [-0.2, 0) is 4.74 Å². The van der Waals surface area contributed by atoms with Crippen LogP contribution in [0.3, 0.4) is 0 Å². The summed E-state index contributed by atoms with van der Waals surface area (Å²) >= 11 is 0. The van der Waals surface area contributed by atoms with Crippen molar-refractivity contribution in [3.8, 4) is 0 Å². The molecule has 0 saturated carbocycles. The fourth-order valence-electron chi connectivity index (χ4n) is 1.53. The highest BCUT2D eigenvalue weighted by molar-refractivity contribution is 5.84. The maximum absolute atomic E-state index is 5.45. The first-order valence-corrected chi connectivity index (χ1v) is 4.90. The van der Waals surface area contributed by atoms with E-state index < -0.39 is 0 Å². The number of nitrogens with zero attached hydrogens (tertiary/aromatic N) is 1. The first kappa shape index (κ1) is 10.5. The number of hydrogen-bond donors (Lipinski definition) is 2. The lowest BCUT2D eigenvalue weighted by Gasteiger charge is -2.10. The fraction of sp³-hybridized carbons (Fsp3) is 0.889. The second-order valence-corrected chi connectivity index (χ2v) is 3.49. The minimum absolute atomic E-state index is 0.338. The summed E-state index contributed by atoms with van der Waals surface area (Å²) in [6, 6.07) is 0. The van der Waals surface area contributed by atoms with E-state index in [9.17, 15) is 0 Å². The third-order valence-corrected chi connectivity index (χ3v) is 2.24. The quantitative estimate of drug-likeness (QED) is 0.294. The molecule has 0 aromatic carbocycles. The highest BCUT2D eigenvalue weighted by Crippen LogP contribution is 2.19. The van der Waals surface area contributed by atoms with Crippen molar-refractivity contribution in [2.24, 2.45) is 16.8 Å². The van der Waals surface area contributed by atoms with Crippen molar-refractivity contribution in [1.29, 1.82) is 0 Å². The standard InChI is InChI=1S/C9H19N3O/c1-3-4-11-9(12-10)8-5-7(2)13-6-8/h7-8H,3-6,10H2,1-2H3,(H,11,12). The second kappa shape index (κ2) is 5.19. The van der Waals surface area contributed by atoms with Gasteiger partial charge >= 0.3 is 0 Å². The summed E-state index contributed by atoms with van der Waals surface area (Å²) in [7, 11) is 0. The van der Waals surface area contributed by atoms with Gasteiger partial charge in [-0.2, -0.15) is 0 Å². The maximum Gasteiger partial charge on any atom is 0.116 e. The van der Waals surface area contributed by atoms with Crippen LogP contribution < -0.4 is 11.3 Å². The molecule has 0 bridgehead atoms. The minimum atomic E-state index is 0.338. The molecular formula is C9H19N3O. The number of amidine groups is 1. The van der Waals surface area contributed by atoms with E-state index in [1.54, 1.807) is 0 Å². The van der Waals surface area contributed by atoms with Crippen LogP contribution in [-0.4, -0.2) is 25.1 Å². The number of ether oxygens (including phenoxy) is 1. The molecule has 1 saturated heterocycles. The first-order chi connectivity index (χ1) is 6.27. The number of nitrogens with two attached hydrogens (primary N) is 1. The molecule has 0 spiro atoms. The smallest absolute Gasteiger partial charge is 0.116 e. The Bertz CT molecular complexity index is 182. The van der Waals surface area contributed by atoms with Crippen LogP contribution in [0.4, 0.5) is 0 Å². The Morgan fingerprint density at radius 2 is 2.46 bits per heavy atom. The molecule has 0 amide bonds. The molecule has 1 fully saturated rings. The topological polar surface area (TPSA) is 59.6 Å². The predicted molar refractivity (Wildman–Crippen MR) is 53.4 cm³/mol. The lowest BCUT2D eigenvalue weighted by molar-refractivity contribution is 0.123. The van der Waals surface area contributed by atoms with Gasteiger partial charge in [-0.15, -0.1) is 0 Å². The lowest BCUT2D eigenvalue weighted by Crippen LogP contribution is -2.36. The van der Waals surface area contributed by atoms with Crippen molar-refractivity contribution >= 4 is 5.84 Å². The average molecular weight is 185 g/mol. The van der Waals surface area contributed by atoms with Gasteiger partial charge in [-0.3, -0.25) is 4.99 Å². The van der Waals surface area contributed by atoms with Crippen LogP contribution in [0.2, 0.25) is 0 Å². The third kappa shape index (κ3) is 2.97. The van der Waals surface area contributed by atoms with Crippen LogP contribution >= 0.6 is 0 Å². The molecule has 0 aliphatic carbocycles. The monoisotopic (exact) mass is 185 g/mol. The van der Waals surface area contributed by atoms with Gasteiger partial charge in [-0.25, -0.2) is 5.84 Å². The van der Waals surface area contributed by atoms with E-state index in [2.05, 4.69) is 24.3 Å². The number of hydrazine groups is 1. The molecule has 13 heavy (non-hydrogen) atoms. The average Bonchev–Trinajstić information content (AvgIpc) is 2.54. The van der Waals surface area contributed by atoms with E-state index in [-0.39, 0.29) is 0 Å². The van der Waals surface area contributed by atoms with Gasteiger partial charge < -0.3 is 10.2 Å². The summed E-state index contributed by atoms with van der Waals surface area (Å²) < 4.78 is 5.45. The molecule has 2 unspecified atom stereocenters. The predicted octanol–water partition coefficient (Wildman–Crippen LogP) is 0.683. The summed E-state index contributed by atoms with van der Waals surface area (Å²) in [4.78, 5) is 4.38. The van der Waals surface area contributed by atoms with E-state index in [1.165, 1.54) is 0 Å². The largest absolute Gasteiger partial charge is 0.378 e. The van der Waals surface area contributed by atoms with Crippen LogP contribution in [0.5, 0.6) is 0 Å². The molecule has 4 nitrogen and oxygen atoms in total. The number of aliphatic imine (C=N–C) groups is 1. The molecule has 0 aromatic rings. The van der Waals surface area contributed by atoms with Crippen LogP contribution in [0, 0.1) is 5.92 Å². The van der Waals surface area contributed by atoms with Crippen LogP contribution in [0.1, 0.15) is 26.7 Å². The summed E-state index contributed by atoms with van der Waals surface area (Å²) in [6.07, 6.45) is 2.41. The van der Waals surface area contributed by atoms with Crippen molar-refractivity contribution in [3.63, 3.8) is 0 Å². The zero-order valence-electron chi connectivity index (χ0n) is 8.42. The van der Waals surface area contributed by atoms with Gasteiger partial charge in [0.15, 0.2) is 0 Å². The van der Waals surface area contributed by atoms with E-state index in [4.69, 9.17) is 10.6 Å².